The minimum Gasteiger partial charge on any atom is -0.368 e. The van der Waals surface area contributed by atoms with E-state index in [4.69, 9.17) is 4.74 Å². The number of rotatable bonds is 6. The Balaban J connectivity index is 1.35. The lowest BCUT2D eigenvalue weighted by Crippen LogP contribution is -2.11. The van der Waals surface area contributed by atoms with Gasteiger partial charge in [-0.2, -0.15) is 0 Å². The Bertz CT molecular complexity index is 926. The van der Waals surface area contributed by atoms with E-state index in [1.165, 1.54) is 49.7 Å². The summed E-state index contributed by atoms with van der Waals surface area (Å²) in [6.07, 6.45) is 9.96. The third-order valence-electron chi connectivity index (χ3n) is 7.23. The number of hydrogen-bond acceptors (Lipinski definition) is 1. The summed E-state index contributed by atoms with van der Waals surface area (Å²) in [6, 6.07) is 11.3. The second-order valence-electron chi connectivity index (χ2n) is 8.87. The normalized spacial score (nSPS) is 27.8. The predicted molar refractivity (Wildman–Crippen MR) is 112 cm³/mol. The molecule has 1 saturated heterocycles. The smallest absolute Gasteiger partial charge is 0.167 e. The average Bonchev–Trinajstić information content (AvgIpc) is 3.37. The van der Waals surface area contributed by atoms with Crippen LogP contribution >= 0.6 is 0 Å². The van der Waals surface area contributed by atoms with E-state index in [-0.39, 0.29) is 6.10 Å². The highest BCUT2D eigenvalue weighted by Crippen LogP contribution is 2.52. The molecular weight excluding hydrogens is 366 g/mol. The molecule has 0 aromatic heterocycles. The summed E-state index contributed by atoms with van der Waals surface area (Å²) in [5.41, 5.74) is 4.06. The van der Waals surface area contributed by atoms with E-state index in [0.29, 0.717) is 23.7 Å². The molecule has 1 nitrogen and oxygen atoms in total. The monoisotopic (exact) mass is 394 g/mol. The van der Waals surface area contributed by atoms with Crippen molar-refractivity contribution in [1.82, 2.24) is 0 Å². The highest BCUT2D eigenvalue weighted by molar-refractivity contribution is 5.73. The number of ether oxygens (including phenoxy) is 1. The number of allylic oxidation sites excluding steroid dienone is 2. The van der Waals surface area contributed by atoms with Gasteiger partial charge in [0.2, 0.25) is 0 Å². The van der Waals surface area contributed by atoms with Gasteiger partial charge in [0.15, 0.2) is 11.6 Å². The van der Waals surface area contributed by atoms with Crippen molar-refractivity contribution in [1.29, 1.82) is 0 Å². The van der Waals surface area contributed by atoms with Gasteiger partial charge in [-0.3, -0.25) is 0 Å². The Morgan fingerprint density at radius 3 is 2.45 bits per heavy atom. The van der Waals surface area contributed by atoms with E-state index in [2.05, 4.69) is 25.1 Å². The molecule has 1 heterocycles. The van der Waals surface area contributed by atoms with Gasteiger partial charge in [-0.25, -0.2) is 8.78 Å². The Labute approximate surface area is 171 Å². The fraction of sp³-hybridized carbons (Fsp3) is 0.462. The average molecular weight is 395 g/mol. The summed E-state index contributed by atoms with van der Waals surface area (Å²) in [6.45, 7) is 2.75. The van der Waals surface area contributed by atoms with E-state index >= 15 is 0 Å². The predicted octanol–water partition coefficient (Wildman–Crippen LogP) is 7.32. The van der Waals surface area contributed by atoms with Crippen LogP contribution in [0.15, 0.2) is 42.5 Å². The largest absolute Gasteiger partial charge is 0.368 e. The Hall–Kier alpha value is -2.00. The zero-order chi connectivity index (χ0) is 20.0. The first-order valence-electron chi connectivity index (χ1n) is 11.1. The van der Waals surface area contributed by atoms with Crippen LogP contribution in [0.25, 0.3) is 16.7 Å². The van der Waals surface area contributed by atoms with Crippen molar-refractivity contribution >= 4 is 5.57 Å². The van der Waals surface area contributed by atoms with E-state index in [1.54, 1.807) is 12.1 Å². The molecule has 0 N–H and O–H groups in total. The number of halogens is 2. The van der Waals surface area contributed by atoms with Crippen molar-refractivity contribution in [3.05, 3.63) is 65.2 Å². The van der Waals surface area contributed by atoms with Crippen LogP contribution in [0.1, 0.15) is 62.7 Å². The topological polar surface area (TPSA) is 12.5 Å². The number of fused-ring (bicyclic) bond motifs is 1. The fourth-order valence-electron chi connectivity index (χ4n) is 5.57. The van der Waals surface area contributed by atoms with Crippen molar-refractivity contribution < 1.29 is 13.5 Å². The van der Waals surface area contributed by atoms with Gasteiger partial charge in [0.1, 0.15) is 6.10 Å². The van der Waals surface area contributed by atoms with Crippen molar-refractivity contribution in [3.8, 4) is 11.1 Å². The summed E-state index contributed by atoms with van der Waals surface area (Å²) < 4.78 is 34.1. The minimum atomic E-state index is -0.778. The van der Waals surface area contributed by atoms with E-state index in [9.17, 15) is 8.78 Å². The number of unbranched alkanes of at least 4 members (excludes halogenated alkanes) is 1. The summed E-state index contributed by atoms with van der Waals surface area (Å²) in [4.78, 5) is 0. The van der Waals surface area contributed by atoms with Crippen LogP contribution in [0, 0.1) is 29.4 Å². The van der Waals surface area contributed by atoms with Crippen LogP contribution in [0.2, 0.25) is 0 Å². The number of epoxide rings is 1. The first-order valence-corrected chi connectivity index (χ1v) is 11.1. The molecule has 5 rings (SSSR count). The van der Waals surface area contributed by atoms with Gasteiger partial charge in [-0.05, 0) is 53.7 Å². The lowest BCUT2D eigenvalue weighted by molar-refractivity contribution is 0.342. The summed E-state index contributed by atoms with van der Waals surface area (Å²) in [5, 5.41) is 0. The quantitative estimate of drug-likeness (QED) is 0.468. The van der Waals surface area contributed by atoms with Gasteiger partial charge in [-0.15, -0.1) is 0 Å². The van der Waals surface area contributed by atoms with Gasteiger partial charge < -0.3 is 4.74 Å². The highest BCUT2D eigenvalue weighted by atomic mass is 19.2. The lowest BCUT2D eigenvalue weighted by atomic mass is 9.85. The Morgan fingerprint density at radius 1 is 0.966 bits per heavy atom. The van der Waals surface area contributed by atoms with Crippen LogP contribution < -0.4 is 0 Å². The number of hydrogen-bond donors (Lipinski definition) is 0. The molecular formula is C26H28F2O. The molecule has 1 saturated carbocycles. The van der Waals surface area contributed by atoms with E-state index < -0.39 is 11.6 Å². The third kappa shape index (κ3) is 3.44. The standard InChI is InChI=1S/C26H28F2O/c1-2-3-4-16-9-10-22-19(16)11-12-20(22)17-5-7-18(8-6-17)21-13-14-23(24-15-29-24)26(28)25(21)27/h5-8,12-14,16,19,22,24H,2-4,9-11,15H2,1H3. The maximum Gasteiger partial charge on any atom is 0.167 e. The summed E-state index contributed by atoms with van der Waals surface area (Å²) >= 11 is 0. The molecule has 0 bridgehead atoms. The van der Waals surface area contributed by atoms with E-state index in [0.717, 1.165) is 17.4 Å². The molecule has 1 aliphatic heterocycles. The molecule has 29 heavy (non-hydrogen) atoms. The molecule has 2 aromatic rings. The SMILES string of the molecule is CCCCC1CCC2C(c3ccc(-c4ccc(C5CO5)c(F)c4F)cc3)=CCC12. The zero-order valence-electron chi connectivity index (χ0n) is 17.0. The highest BCUT2D eigenvalue weighted by Gasteiger charge is 2.40. The molecule has 3 aliphatic rings. The fourth-order valence-corrected chi connectivity index (χ4v) is 5.57. The van der Waals surface area contributed by atoms with Crippen LogP contribution in [-0.4, -0.2) is 6.61 Å². The summed E-state index contributed by atoms with van der Waals surface area (Å²) in [7, 11) is 0. The Kier molecular flexibility index (Phi) is 5.03. The molecule has 2 fully saturated rings. The maximum absolute atomic E-state index is 14.6. The molecule has 3 heteroatoms. The maximum atomic E-state index is 14.6. The number of benzene rings is 2. The van der Waals surface area contributed by atoms with Gasteiger partial charge in [-0.1, -0.05) is 68.7 Å². The third-order valence-corrected chi connectivity index (χ3v) is 7.23. The lowest BCUT2D eigenvalue weighted by Gasteiger charge is -2.20. The first-order chi connectivity index (χ1) is 14.2. The second kappa shape index (κ2) is 7.68. The van der Waals surface area contributed by atoms with E-state index in [1.807, 2.05) is 12.1 Å². The molecule has 152 valence electrons. The molecule has 2 aliphatic carbocycles. The molecule has 4 unspecified atom stereocenters. The summed E-state index contributed by atoms with van der Waals surface area (Å²) in [5.74, 6) is 0.800. The van der Waals surface area contributed by atoms with Crippen LogP contribution in [0.3, 0.4) is 0 Å². The van der Waals surface area contributed by atoms with Crippen molar-refractivity contribution in [3.63, 3.8) is 0 Å². The van der Waals surface area contributed by atoms with Crippen molar-refractivity contribution in [2.24, 2.45) is 17.8 Å². The van der Waals surface area contributed by atoms with Crippen LogP contribution in [0.4, 0.5) is 8.78 Å². The molecule has 4 atom stereocenters. The first kappa shape index (κ1) is 19.0. The van der Waals surface area contributed by atoms with Crippen LogP contribution in [0.5, 0.6) is 0 Å². The second-order valence-corrected chi connectivity index (χ2v) is 8.87. The molecule has 0 spiro atoms. The van der Waals surface area contributed by atoms with Gasteiger partial charge >= 0.3 is 0 Å². The van der Waals surface area contributed by atoms with Gasteiger partial charge in [0, 0.05) is 11.1 Å². The molecule has 2 aromatic carbocycles. The van der Waals surface area contributed by atoms with Crippen molar-refractivity contribution in [2.45, 2.75) is 51.6 Å². The minimum absolute atomic E-state index is 0.282. The van der Waals surface area contributed by atoms with Crippen molar-refractivity contribution in [2.75, 3.05) is 6.61 Å². The zero-order valence-corrected chi connectivity index (χ0v) is 17.0. The van der Waals surface area contributed by atoms with Crippen LogP contribution in [-0.2, 0) is 4.74 Å². The molecule has 0 amide bonds. The molecule has 0 radical (unpaired) electrons. The van der Waals surface area contributed by atoms with Gasteiger partial charge in [0.05, 0.1) is 6.61 Å². The Morgan fingerprint density at radius 2 is 1.72 bits per heavy atom. The van der Waals surface area contributed by atoms with Gasteiger partial charge in [0.25, 0.3) is 0 Å².